The first-order valence-electron chi connectivity index (χ1n) is 5.00. The van der Waals surface area contributed by atoms with Gasteiger partial charge in [-0.05, 0) is 17.1 Å². The van der Waals surface area contributed by atoms with Gasteiger partial charge in [0.15, 0.2) is 0 Å². The van der Waals surface area contributed by atoms with Crippen molar-refractivity contribution in [3.8, 4) is 11.1 Å². The highest BCUT2D eigenvalue weighted by molar-refractivity contribution is 6.60. The van der Waals surface area contributed by atoms with Crippen LogP contribution in [0, 0.1) is 5.82 Å². The Labute approximate surface area is 103 Å². The van der Waals surface area contributed by atoms with Crippen molar-refractivity contribution in [1.29, 1.82) is 0 Å². The zero-order chi connectivity index (χ0) is 12.4. The predicted molar refractivity (Wildman–Crippen MR) is 66.7 cm³/mol. The monoisotopic (exact) mass is 250 g/mol. The fourth-order valence-corrected chi connectivity index (χ4v) is 1.91. The van der Waals surface area contributed by atoms with Crippen LogP contribution in [0.5, 0.6) is 0 Å². The van der Waals surface area contributed by atoms with Gasteiger partial charge in [-0.15, -0.1) is 0 Å². The molecule has 0 fully saturated rings. The van der Waals surface area contributed by atoms with Crippen molar-refractivity contribution in [2.75, 3.05) is 0 Å². The lowest BCUT2D eigenvalue weighted by Crippen LogP contribution is -2.31. The summed E-state index contributed by atoms with van der Waals surface area (Å²) in [5, 5.41) is 18.5. The molecule has 2 N–H and O–H groups in total. The highest BCUT2D eigenvalue weighted by atomic mass is 35.5. The maximum absolute atomic E-state index is 13.3. The molecular weight excluding hydrogens is 241 g/mol. The molecule has 17 heavy (non-hydrogen) atoms. The number of hydrogen-bond donors (Lipinski definition) is 2. The zero-order valence-corrected chi connectivity index (χ0v) is 9.53. The van der Waals surface area contributed by atoms with Crippen LogP contribution in [-0.2, 0) is 0 Å². The van der Waals surface area contributed by atoms with Crippen LogP contribution in [0.15, 0.2) is 42.5 Å². The Hall–Kier alpha value is -1.36. The van der Waals surface area contributed by atoms with Crippen molar-refractivity contribution in [2.24, 2.45) is 0 Å². The maximum Gasteiger partial charge on any atom is 0.489 e. The van der Waals surface area contributed by atoms with E-state index in [1.54, 1.807) is 30.3 Å². The molecule has 0 saturated carbocycles. The standard InChI is InChI=1S/C12H9BClFO2/c14-12-9(5-3-7-11(12)15)8-4-1-2-6-10(8)13(16)17/h1-7,16-17H. The van der Waals surface area contributed by atoms with Crippen LogP contribution in [0.1, 0.15) is 0 Å². The van der Waals surface area contributed by atoms with Crippen LogP contribution >= 0.6 is 11.6 Å². The molecular formula is C12H9BClFO2. The Morgan fingerprint density at radius 1 is 0.941 bits per heavy atom. The van der Waals surface area contributed by atoms with E-state index in [1.165, 1.54) is 12.1 Å². The van der Waals surface area contributed by atoms with Gasteiger partial charge in [-0.3, -0.25) is 0 Å². The van der Waals surface area contributed by atoms with E-state index in [4.69, 9.17) is 11.6 Å². The van der Waals surface area contributed by atoms with Crippen molar-refractivity contribution >= 4 is 24.2 Å². The summed E-state index contributed by atoms with van der Waals surface area (Å²) >= 11 is 5.87. The first-order chi connectivity index (χ1) is 8.11. The number of halogens is 2. The average molecular weight is 250 g/mol. The van der Waals surface area contributed by atoms with Gasteiger partial charge in [0, 0.05) is 5.56 Å². The van der Waals surface area contributed by atoms with Crippen LogP contribution in [0.2, 0.25) is 5.02 Å². The van der Waals surface area contributed by atoms with Gasteiger partial charge in [-0.25, -0.2) is 4.39 Å². The quantitative estimate of drug-likeness (QED) is 0.798. The molecule has 0 unspecified atom stereocenters. The SMILES string of the molecule is OB(O)c1ccccc1-c1cccc(F)c1Cl. The van der Waals surface area contributed by atoms with Gasteiger partial charge in [0.05, 0.1) is 5.02 Å². The summed E-state index contributed by atoms with van der Waals surface area (Å²) in [5.41, 5.74) is 1.24. The molecule has 0 aliphatic carbocycles. The van der Waals surface area contributed by atoms with Crippen molar-refractivity contribution in [2.45, 2.75) is 0 Å². The molecule has 0 saturated heterocycles. The van der Waals surface area contributed by atoms with Gasteiger partial charge in [-0.2, -0.15) is 0 Å². The molecule has 0 heterocycles. The molecule has 5 heteroatoms. The third kappa shape index (κ3) is 2.34. The van der Waals surface area contributed by atoms with Gasteiger partial charge in [0.25, 0.3) is 0 Å². The van der Waals surface area contributed by atoms with Crippen molar-refractivity contribution in [3.63, 3.8) is 0 Å². The topological polar surface area (TPSA) is 40.5 Å². The summed E-state index contributed by atoms with van der Waals surface area (Å²) in [6.45, 7) is 0. The lowest BCUT2D eigenvalue weighted by Gasteiger charge is -2.10. The molecule has 0 aliphatic rings. The van der Waals surface area contributed by atoms with Crippen LogP contribution in [0.25, 0.3) is 11.1 Å². The van der Waals surface area contributed by atoms with Crippen LogP contribution in [0.3, 0.4) is 0 Å². The molecule has 0 aromatic heterocycles. The van der Waals surface area contributed by atoms with E-state index in [1.807, 2.05) is 0 Å². The van der Waals surface area contributed by atoms with Crippen molar-refractivity contribution < 1.29 is 14.4 Å². The molecule has 2 aromatic rings. The Morgan fingerprint density at radius 3 is 2.29 bits per heavy atom. The van der Waals surface area contributed by atoms with Gasteiger partial charge in [0.1, 0.15) is 5.82 Å². The van der Waals surface area contributed by atoms with Gasteiger partial charge in [-0.1, -0.05) is 48.0 Å². The van der Waals surface area contributed by atoms with E-state index in [0.29, 0.717) is 16.6 Å². The highest BCUT2D eigenvalue weighted by Gasteiger charge is 2.18. The molecule has 2 rings (SSSR count). The number of rotatable bonds is 2. The fraction of sp³-hybridized carbons (Fsp3) is 0. The van der Waals surface area contributed by atoms with E-state index >= 15 is 0 Å². The van der Waals surface area contributed by atoms with E-state index in [-0.39, 0.29) is 5.02 Å². The largest absolute Gasteiger partial charge is 0.489 e. The summed E-state index contributed by atoms with van der Waals surface area (Å²) in [6.07, 6.45) is 0. The number of benzene rings is 2. The molecule has 2 aromatic carbocycles. The minimum absolute atomic E-state index is 0.0272. The van der Waals surface area contributed by atoms with E-state index < -0.39 is 12.9 Å². The Morgan fingerprint density at radius 2 is 1.59 bits per heavy atom. The molecule has 0 amide bonds. The molecule has 0 aliphatic heterocycles. The smallest absolute Gasteiger partial charge is 0.423 e. The lowest BCUT2D eigenvalue weighted by molar-refractivity contribution is 0.426. The minimum atomic E-state index is -1.62. The third-order valence-electron chi connectivity index (χ3n) is 2.48. The van der Waals surface area contributed by atoms with Crippen molar-refractivity contribution in [1.82, 2.24) is 0 Å². The summed E-state index contributed by atoms with van der Waals surface area (Å²) < 4.78 is 13.3. The van der Waals surface area contributed by atoms with E-state index in [2.05, 4.69) is 0 Å². The van der Waals surface area contributed by atoms with E-state index in [9.17, 15) is 14.4 Å². The third-order valence-corrected chi connectivity index (χ3v) is 2.86. The summed E-state index contributed by atoms with van der Waals surface area (Å²) in [7, 11) is -1.62. The Kier molecular flexibility index (Phi) is 3.47. The Bertz CT molecular complexity index is 546. The molecule has 0 radical (unpaired) electrons. The normalized spacial score (nSPS) is 10.4. The van der Waals surface area contributed by atoms with E-state index in [0.717, 1.165) is 0 Å². The van der Waals surface area contributed by atoms with Gasteiger partial charge in [0.2, 0.25) is 0 Å². The minimum Gasteiger partial charge on any atom is -0.423 e. The molecule has 86 valence electrons. The first kappa shape index (κ1) is 12.1. The summed E-state index contributed by atoms with van der Waals surface area (Å²) in [4.78, 5) is 0. The predicted octanol–water partition coefficient (Wildman–Crippen LogP) is 1.83. The molecule has 0 spiro atoms. The highest BCUT2D eigenvalue weighted by Crippen LogP contribution is 2.28. The fourth-order valence-electron chi connectivity index (χ4n) is 1.68. The first-order valence-corrected chi connectivity index (χ1v) is 5.38. The second-order valence-electron chi connectivity index (χ2n) is 3.56. The molecule has 0 bridgehead atoms. The van der Waals surface area contributed by atoms with Crippen LogP contribution in [-0.4, -0.2) is 17.2 Å². The zero-order valence-electron chi connectivity index (χ0n) is 8.77. The summed E-state index contributed by atoms with van der Waals surface area (Å²) in [6, 6.07) is 11.0. The van der Waals surface area contributed by atoms with Crippen LogP contribution in [0.4, 0.5) is 4.39 Å². The maximum atomic E-state index is 13.3. The molecule has 2 nitrogen and oxygen atoms in total. The van der Waals surface area contributed by atoms with Gasteiger partial charge >= 0.3 is 7.12 Å². The Balaban J connectivity index is 2.64. The number of hydrogen-bond acceptors (Lipinski definition) is 2. The second-order valence-corrected chi connectivity index (χ2v) is 3.94. The second kappa shape index (κ2) is 4.88. The summed E-state index contributed by atoms with van der Waals surface area (Å²) in [5.74, 6) is -0.536. The van der Waals surface area contributed by atoms with Crippen molar-refractivity contribution in [3.05, 3.63) is 53.3 Å². The molecule has 0 atom stereocenters. The van der Waals surface area contributed by atoms with Crippen LogP contribution < -0.4 is 5.46 Å². The van der Waals surface area contributed by atoms with Gasteiger partial charge < -0.3 is 10.0 Å². The lowest BCUT2D eigenvalue weighted by atomic mass is 9.75. The average Bonchev–Trinajstić information content (AvgIpc) is 2.33.